The number of nitrogens with two attached hydrogens (primary N) is 1. The Labute approximate surface area is 123 Å². The molecule has 0 saturated heterocycles. The number of anilines is 1. The molecule has 0 atom stereocenters. The number of rotatable bonds is 4. The van der Waals surface area contributed by atoms with Crippen molar-refractivity contribution in [3.63, 3.8) is 0 Å². The average Bonchev–Trinajstić information content (AvgIpc) is 3.13. The van der Waals surface area contributed by atoms with Crippen LogP contribution in [0.2, 0.25) is 0 Å². The zero-order chi connectivity index (χ0) is 15.7. The summed E-state index contributed by atoms with van der Waals surface area (Å²) in [5.41, 5.74) is 6.14. The van der Waals surface area contributed by atoms with Gasteiger partial charge in [0.1, 0.15) is 11.4 Å². The smallest absolute Gasteiger partial charge is 0.358 e. The van der Waals surface area contributed by atoms with Crippen molar-refractivity contribution in [3.05, 3.63) is 30.0 Å². The number of carbonyl (C=O) groups is 1. The fourth-order valence-corrected chi connectivity index (χ4v) is 1.92. The minimum absolute atomic E-state index is 0.0309. The molecule has 3 N–H and O–H groups in total. The minimum Gasteiger partial charge on any atom is -0.497 e. The predicted octanol–water partition coefficient (Wildman–Crippen LogP) is 0.606. The third-order valence-electron chi connectivity index (χ3n) is 2.93. The molecule has 0 saturated carbocycles. The molecule has 10 heteroatoms. The molecular weight excluding hydrogens is 292 g/mol. The number of benzene rings is 1. The molecule has 0 bridgehead atoms. The molecule has 3 rings (SSSR count). The van der Waals surface area contributed by atoms with Gasteiger partial charge in [-0.3, -0.25) is 0 Å². The Morgan fingerprint density at radius 1 is 1.32 bits per heavy atom. The summed E-state index contributed by atoms with van der Waals surface area (Å²) < 4.78 is 10.8. The van der Waals surface area contributed by atoms with Gasteiger partial charge in [0.25, 0.3) is 0 Å². The summed E-state index contributed by atoms with van der Waals surface area (Å²) in [6.07, 6.45) is 0. The Morgan fingerprint density at radius 3 is 2.59 bits per heavy atom. The van der Waals surface area contributed by atoms with E-state index in [1.807, 2.05) is 0 Å². The monoisotopic (exact) mass is 302 g/mol. The minimum atomic E-state index is -1.23. The van der Waals surface area contributed by atoms with Crippen molar-refractivity contribution in [2.24, 2.45) is 0 Å². The number of hydrogen-bond donors (Lipinski definition) is 2. The van der Waals surface area contributed by atoms with E-state index in [1.165, 1.54) is 7.11 Å². The fourth-order valence-electron chi connectivity index (χ4n) is 1.92. The second-order valence-electron chi connectivity index (χ2n) is 4.21. The van der Waals surface area contributed by atoms with Crippen LogP contribution in [0.25, 0.3) is 17.1 Å². The van der Waals surface area contributed by atoms with Crippen molar-refractivity contribution in [1.29, 1.82) is 0 Å². The summed E-state index contributed by atoms with van der Waals surface area (Å²) in [6, 6.07) is 6.71. The largest absolute Gasteiger partial charge is 0.497 e. The highest BCUT2D eigenvalue weighted by Crippen LogP contribution is 2.27. The van der Waals surface area contributed by atoms with Gasteiger partial charge < -0.3 is 15.6 Å². The topological polar surface area (TPSA) is 142 Å². The maximum absolute atomic E-state index is 11.4. The third kappa shape index (κ3) is 2.12. The molecule has 0 aliphatic heterocycles. The first-order valence-corrected chi connectivity index (χ1v) is 6.03. The van der Waals surface area contributed by atoms with Gasteiger partial charge in [0.2, 0.25) is 11.6 Å². The first-order chi connectivity index (χ1) is 10.6. The van der Waals surface area contributed by atoms with Crippen LogP contribution >= 0.6 is 0 Å². The van der Waals surface area contributed by atoms with Gasteiger partial charge in [-0.1, -0.05) is 5.21 Å². The van der Waals surface area contributed by atoms with Crippen molar-refractivity contribution < 1.29 is 19.3 Å². The fraction of sp³-hybridized carbons (Fsp3) is 0.0833. The van der Waals surface area contributed by atoms with Gasteiger partial charge in [0.15, 0.2) is 5.69 Å². The van der Waals surface area contributed by atoms with E-state index in [0.717, 1.165) is 4.68 Å². The Balaban J connectivity index is 2.21. The zero-order valence-corrected chi connectivity index (χ0v) is 11.3. The van der Waals surface area contributed by atoms with Crippen LogP contribution in [0.1, 0.15) is 10.5 Å². The summed E-state index contributed by atoms with van der Waals surface area (Å²) >= 11 is 0. The van der Waals surface area contributed by atoms with Crippen LogP contribution in [0, 0.1) is 0 Å². The summed E-state index contributed by atoms with van der Waals surface area (Å²) in [6.45, 7) is 0. The number of carboxylic acids is 1. The molecule has 2 heterocycles. The Hall–Kier alpha value is -3.43. The molecule has 0 amide bonds. The molecule has 0 radical (unpaired) electrons. The van der Waals surface area contributed by atoms with Crippen LogP contribution < -0.4 is 10.5 Å². The normalized spacial score (nSPS) is 10.6. The average molecular weight is 302 g/mol. The van der Waals surface area contributed by atoms with Crippen LogP contribution in [0.15, 0.2) is 28.9 Å². The van der Waals surface area contributed by atoms with Gasteiger partial charge in [-0.05, 0) is 34.6 Å². The molecule has 0 fully saturated rings. The summed E-state index contributed by atoms with van der Waals surface area (Å²) in [7, 11) is 1.53. The summed E-state index contributed by atoms with van der Waals surface area (Å²) in [5.74, 6) is -0.572. The van der Waals surface area contributed by atoms with Crippen LogP contribution in [0.3, 0.4) is 0 Å². The maximum Gasteiger partial charge on any atom is 0.358 e. The number of nitrogen functional groups attached to an aromatic ring is 1. The van der Waals surface area contributed by atoms with E-state index in [9.17, 15) is 9.90 Å². The second kappa shape index (κ2) is 5.16. The molecule has 112 valence electrons. The Bertz CT molecular complexity index is 823. The Morgan fingerprint density at radius 2 is 2.05 bits per heavy atom. The molecule has 0 unspecified atom stereocenters. The number of methoxy groups -OCH3 is 1. The van der Waals surface area contributed by atoms with E-state index in [0.29, 0.717) is 11.3 Å². The lowest BCUT2D eigenvalue weighted by Crippen LogP contribution is -2.05. The van der Waals surface area contributed by atoms with Crippen LogP contribution in [-0.2, 0) is 0 Å². The number of aromatic carboxylic acids is 1. The van der Waals surface area contributed by atoms with E-state index in [4.69, 9.17) is 10.5 Å². The summed E-state index contributed by atoms with van der Waals surface area (Å²) in [4.78, 5) is 11.4. The molecular formula is C12H10N6O4. The van der Waals surface area contributed by atoms with Crippen molar-refractivity contribution in [1.82, 2.24) is 25.3 Å². The highest BCUT2D eigenvalue weighted by atomic mass is 16.6. The first-order valence-electron chi connectivity index (χ1n) is 6.03. The number of ether oxygens (including phenoxy) is 1. The van der Waals surface area contributed by atoms with Crippen molar-refractivity contribution in [3.8, 4) is 22.8 Å². The van der Waals surface area contributed by atoms with Crippen molar-refractivity contribution in [2.75, 3.05) is 12.8 Å². The molecule has 2 aromatic heterocycles. The van der Waals surface area contributed by atoms with Crippen molar-refractivity contribution >= 4 is 11.8 Å². The molecule has 0 aliphatic carbocycles. The van der Waals surface area contributed by atoms with Crippen molar-refractivity contribution in [2.45, 2.75) is 0 Å². The van der Waals surface area contributed by atoms with Gasteiger partial charge in [-0.15, -0.1) is 5.10 Å². The van der Waals surface area contributed by atoms with Crippen LogP contribution in [0.5, 0.6) is 5.75 Å². The molecule has 0 spiro atoms. The van der Waals surface area contributed by atoms with E-state index in [2.05, 4.69) is 25.3 Å². The van der Waals surface area contributed by atoms with E-state index < -0.39 is 5.97 Å². The predicted molar refractivity (Wildman–Crippen MR) is 72.6 cm³/mol. The highest BCUT2D eigenvalue weighted by Gasteiger charge is 2.24. The molecule has 10 nitrogen and oxygen atoms in total. The molecule has 0 aliphatic rings. The van der Waals surface area contributed by atoms with Gasteiger partial charge in [0.05, 0.1) is 7.11 Å². The second-order valence-corrected chi connectivity index (χ2v) is 4.21. The van der Waals surface area contributed by atoms with Gasteiger partial charge in [0, 0.05) is 5.56 Å². The van der Waals surface area contributed by atoms with Crippen LogP contribution in [-0.4, -0.2) is 43.5 Å². The number of nitrogens with zero attached hydrogens (tertiary/aromatic N) is 5. The number of carboxylic acid groups (broad SMARTS) is 1. The number of hydrogen-bond acceptors (Lipinski definition) is 8. The van der Waals surface area contributed by atoms with E-state index in [-0.39, 0.29) is 23.0 Å². The quantitative estimate of drug-likeness (QED) is 0.708. The maximum atomic E-state index is 11.4. The Kier molecular flexibility index (Phi) is 3.18. The molecule has 1 aromatic carbocycles. The lowest BCUT2D eigenvalue weighted by molar-refractivity contribution is 0.0691. The van der Waals surface area contributed by atoms with Gasteiger partial charge in [-0.2, -0.15) is 4.68 Å². The highest BCUT2D eigenvalue weighted by molar-refractivity contribution is 5.93. The SMILES string of the molecule is COc1ccc(-c2c(C(=O)O)nnn2-c2nonc2N)cc1. The third-order valence-corrected chi connectivity index (χ3v) is 2.93. The first kappa shape index (κ1) is 13.5. The lowest BCUT2D eigenvalue weighted by atomic mass is 10.1. The lowest BCUT2D eigenvalue weighted by Gasteiger charge is -2.05. The van der Waals surface area contributed by atoms with Gasteiger partial charge >= 0.3 is 5.97 Å². The van der Waals surface area contributed by atoms with Crippen LogP contribution in [0.4, 0.5) is 5.82 Å². The standard InChI is InChI=1S/C12H10N6O4/c1-21-7-4-2-6(3-5-7)9-8(12(19)20)14-17-18(9)11-10(13)15-22-16-11/h2-5H,1H3,(H2,13,15)(H,19,20). The molecule has 3 aromatic rings. The van der Waals surface area contributed by atoms with Gasteiger partial charge in [-0.25, -0.2) is 9.42 Å². The summed E-state index contributed by atoms with van der Waals surface area (Å²) in [5, 5.41) is 23.8. The number of aromatic nitrogens is 5. The molecule has 22 heavy (non-hydrogen) atoms. The van der Waals surface area contributed by atoms with E-state index in [1.54, 1.807) is 24.3 Å². The zero-order valence-electron chi connectivity index (χ0n) is 11.3. The van der Waals surface area contributed by atoms with E-state index >= 15 is 0 Å².